The van der Waals surface area contributed by atoms with Crippen molar-refractivity contribution in [2.75, 3.05) is 18.6 Å². The number of anilines is 1. The summed E-state index contributed by atoms with van der Waals surface area (Å²) in [6.45, 7) is -0.487. The van der Waals surface area contributed by atoms with Crippen molar-refractivity contribution < 1.29 is 38.2 Å². The van der Waals surface area contributed by atoms with Crippen LogP contribution in [0.3, 0.4) is 0 Å². The third-order valence-electron chi connectivity index (χ3n) is 8.32. The summed E-state index contributed by atoms with van der Waals surface area (Å²) in [6, 6.07) is 18.5. The van der Waals surface area contributed by atoms with E-state index in [9.17, 15) is 24.0 Å². The highest BCUT2D eigenvalue weighted by Crippen LogP contribution is 2.56. The highest BCUT2D eigenvalue weighted by molar-refractivity contribution is 6.22. The van der Waals surface area contributed by atoms with E-state index >= 15 is 0 Å². The molecule has 2 aliphatic carbocycles. The van der Waals surface area contributed by atoms with E-state index in [1.54, 1.807) is 36.4 Å². The molecule has 3 aromatic rings. The molecule has 9 heteroatoms. The quantitative estimate of drug-likeness (QED) is 0.173. The van der Waals surface area contributed by atoms with E-state index < -0.39 is 24.3 Å². The van der Waals surface area contributed by atoms with Gasteiger partial charge in [-0.3, -0.25) is 19.3 Å². The van der Waals surface area contributed by atoms with Gasteiger partial charge < -0.3 is 14.2 Å². The number of rotatable bonds is 8. The van der Waals surface area contributed by atoms with Gasteiger partial charge in [0, 0.05) is 5.56 Å². The first-order valence-electron chi connectivity index (χ1n) is 13.5. The van der Waals surface area contributed by atoms with Crippen LogP contribution in [0.1, 0.15) is 50.3 Å². The maximum absolute atomic E-state index is 13.0. The van der Waals surface area contributed by atoms with E-state index in [1.807, 2.05) is 0 Å². The fourth-order valence-electron chi connectivity index (χ4n) is 6.33. The fourth-order valence-corrected chi connectivity index (χ4v) is 6.33. The molecule has 0 radical (unpaired) electrons. The summed E-state index contributed by atoms with van der Waals surface area (Å²) in [4.78, 5) is 64.8. The molecule has 3 aromatic carbocycles. The third-order valence-corrected chi connectivity index (χ3v) is 8.32. The SMILES string of the molecule is COc1cccc(C(=O)Oc2ccc(C(=O)COC(=O)c3ccc(N4C(=O)C5C6CCC(C6)C5C4=O)cc3)cc2)c1. The van der Waals surface area contributed by atoms with Crippen LogP contribution in [0.25, 0.3) is 0 Å². The van der Waals surface area contributed by atoms with Gasteiger partial charge in [0.25, 0.3) is 0 Å². The molecular weight excluding hydrogens is 526 g/mol. The van der Waals surface area contributed by atoms with Crippen LogP contribution in [0.2, 0.25) is 0 Å². The summed E-state index contributed by atoms with van der Waals surface area (Å²) < 4.78 is 15.7. The van der Waals surface area contributed by atoms with Crippen molar-refractivity contribution in [3.8, 4) is 11.5 Å². The number of esters is 2. The number of Topliss-reactive ketones (excluding diaryl/α,β-unsaturated/α-hetero) is 1. The lowest BCUT2D eigenvalue weighted by atomic mass is 9.81. The predicted molar refractivity (Wildman–Crippen MR) is 146 cm³/mol. The molecule has 2 amide bonds. The molecule has 1 heterocycles. The van der Waals surface area contributed by atoms with E-state index in [-0.39, 0.29) is 40.5 Å². The second-order valence-electron chi connectivity index (χ2n) is 10.6. The predicted octanol–water partition coefficient (Wildman–Crippen LogP) is 4.49. The van der Waals surface area contributed by atoms with E-state index in [0.29, 0.717) is 28.8 Å². The van der Waals surface area contributed by atoms with Crippen molar-refractivity contribution in [3.63, 3.8) is 0 Å². The Hall–Kier alpha value is -4.79. The lowest BCUT2D eigenvalue weighted by Crippen LogP contribution is -2.32. The third kappa shape index (κ3) is 4.88. The fraction of sp³-hybridized carbons (Fsp3) is 0.281. The van der Waals surface area contributed by atoms with Gasteiger partial charge in [0.1, 0.15) is 11.5 Å². The second kappa shape index (κ2) is 10.6. The number of amides is 2. The highest BCUT2D eigenvalue weighted by atomic mass is 16.5. The van der Waals surface area contributed by atoms with Gasteiger partial charge in [-0.1, -0.05) is 6.07 Å². The topological polar surface area (TPSA) is 116 Å². The lowest BCUT2D eigenvalue weighted by Gasteiger charge is -2.19. The van der Waals surface area contributed by atoms with Gasteiger partial charge >= 0.3 is 11.9 Å². The van der Waals surface area contributed by atoms with Crippen LogP contribution in [0.15, 0.2) is 72.8 Å². The Morgan fingerprint density at radius 3 is 2.02 bits per heavy atom. The molecule has 4 atom stereocenters. The van der Waals surface area contributed by atoms with Crippen molar-refractivity contribution in [2.24, 2.45) is 23.7 Å². The number of carbonyl (C=O) groups is 5. The number of imide groups is 1. The average Bonchev–Trinajstić information content (AvgIpc) is 3.69. The van der Waals surface area contributed by atoms with Gasteiger partial charge in [0.2, 0.25) is 11.8 Å². The molecule has 3 fully saturated rings. The first-order chi connectivity index (χ1) is 19.8. The van der Waals surface area contributed by atoms with Crippen LogP contribution in [0.4, 0.5) is 5.69 Å². The summed E-state index contributed by atoms with van der Waals surface area (Å²) in [6.07, 6.45) is 2.97. The standard InChI is InChI=1S/C32H27NO8/c1-39-25-4-2-3-22(16-25)32(38)41-24-13-9-18(10-14-24)26(34)17-40-31(37)19-7-11-23(12-8-19)33-29(35)27-20-5-6-21(15-20)28(27)30(33)36/h2-4,7-14,16,20-21,27-28H,5-6,15,17H2,1H3. The summed E-state index contributed by atoms with van der Waals surface area (Å²) in [5.41, 5.74) is 1.23. The molecule has 9 nitrogen and oxygen atoms in total. The molecule has 3 aliphatic rings. The van der Waals surface area contributed by atoms with Crippen LogP contribution in [0.5, 0.6) is 11.5 Å². The summed E-state index contributed by atoms with van der Waals surface area (Å²) >= 11 is 0. The zero-order valence-electron chi connectivity index (χ0n) is 22.3. The molecule has 4 unspecified atom stereocenters. The van der Waals surface area contributed by atoms with Gasteiger partial charge in [-0.15, -0.1) is 0 Å². The second-order valence-corrected chi connectivity index (χ2v) is 10.6. The van der Waals surface area contributed by atoms with Gasteiger partial charge in [-0.25, -0.2) is 9.59 Å². The molecule has 2 saturated carbocycles. The van der Waals surface area contributed by atoms with Crippen LogP contribution < -0.4 is 14.4 Å². The Morgan fingerprint density at radius 1 is 0.756 bits per heavy atom. The molecule has 0 aromatic heterocycles. The Kier molecular flexibility index (Phi) is 6.86. The Bertz CT molecular complexity index is 1520. The molecule has 41 heavy (non-hydrogen) atoms. The van der Waals surface area contributed by atoms with Gasteiger partial charge in [-0.05, 0) is 97.8 Å². The van der Waals surface area contributed by atoms with E-state index in [4.69, 9.17) is 14.2 Å². The van der Waals surface area contributed by atoms with E-state index in [2.05, 4.69) is 0 Å². The monoisotopic (exact) mass is 553 g/mol. The molecule has 0 spiro atoms. The first kappa shape index (κ1) is 26.4. The molecule has 1 aliphatic heterocycles. The maximum atomic E-state index is 13.0. The molecular formula is C32H27NO8. The van der Waals surface area contributed by atoms with Crippen molar-refractivity contribution in [1.29, 1.82) is 0 Å². The largest absolute Gasteiger partial charge is 0.497 e. The van der Waals surface area contributed by atoms with Crippen LogP contribution in [0, 0.1) is 23.7 Å². The molecule has 1 saturated heterocycles. The van der Waals surface area contributed by atoms with Crippen LogP contribution >= 0.6 is 0 Å². The van der Waals surface area contributed by atoms with Crippen LogP contribution in [-0.2, 0) is 14.3 Å². The molecule has 208 valence electrons. The number of nitrogens with zero attached hydrogens (tertiary/aromatic N) is 1. The maximum Gasteiger partial charge on any atom is 0.343 e. The number of fused-ring (bicyclic) bond motifs is 5. The lowest BCUT2D eigenvalue weighted by molar-refractivity contribution is -0.123. The number of hydrogen-bond donors (Lipinski definition) is 0. The van der Waals surface area contributed by atoms with Crippen molar-refractivity contribution in [3.05, 3.63) is 89.5 Å². The van der Waals surface area contributed by atoms with Gasteiger partial charge in [0.05, 0.1) is 35.8 Å². The number of hydrogen-bond acceptors (Lipinski definition) is 8. The van der Waals surface area contributed by atoms with Crippen molar-refractivity contribution in [1.82, 2.24) is 0 Å². The summed E-state index contributed by atoms with van der Waals surface area (Å²) in [7, 11) is 1.50. The van der Waals surface area contributed by atoms with Crippen molar-refractivity contribution in [2.45, 2.75) is 19.3 Å². The zero-order chi connectivity index (χ0) is 28.7. The van der Waals surface area contributed by atoms with E-state index in [1.165, 1.54) is 48.4 Å². The number of carbonyl (C=O) groups excluding carboxylic acids is 5. The minimum absolute atomic E-state index is 0.144. The van der Waals surface area contributed by atoms with E-state index in [0.717, 1.165) is 19.3 Å². The Balaban J connectivity index is 1.03. The minimum Gasteiger partial charge on any atom is -0.497 e. The normalized spacial score (nSPS) is 22.4. The Labute approximate surface area is 236 Å². The average molecular weight is 554 g/mol. The molecule has 0 N–H and O–H groups in total. The molecule has 2 bridgehead atoms. The highest BCUT2D eigenvalue weighted by Gasteiger charge is 2.61. The number of benzene rings is 3. The Morgan fingerprint density at radius 2 is 1.39 bits per heavy atom. The number of ketones is 1. The van der Waals surface area contributed by atoms with Crippen LogP contribution in [-0.4, -0.2) is 43.3 Å². The number of methoxy groups -OCH3 is 1. The molecule has 6 rings (SSSR count). The first-order valence-corrected chi connectivity index (χ1v) is 13.5. The number of ether oxygens (including phenoxy) is 3. The zero-order valence-corrected chi connectivity index (χ0v) is 22.3. The van der Waals surface area contributed by atoms with Gasteiger partial charge in [-0.2, -0.15) is 0 Å². The summed E-state index contributed by atoms with van der Waals surface area (Å²) in [5.74, 6) is -1.07. The van der Waals surface area contributed by atoms with Crippen molar-refractivity contribution >= 4 is 35.2 Å². The summed E-state index contributed by atoms with van der Waals surface area (Å²) in [5, 5.41) is 0. The van der Waals surface area contributed by atoms with Gasteiger partial charge in [0.15, 0.2) is 12.4 Å². The minimum atomic E-state index is -0.706. The smallest absolute Gasteiger partial charge is 0.343 e.